The highest BCUT2D eigenvalue weighted by Gasteiger charge is 2.29. The van der Waals surface area contributed by atoms with Crippen molar-refractivity contribution in [3.05, 3.63) is 53.6 Å². The molecule has 2 aliphatic heterocycles. The lowest BCUT2D eigenvalue weighted by molar-refractivity contribution is -0.125. The van der Waals surface area contributed by atoms with Gasteiger partial charge in [0, 0.05) is 41.5 Å². The number of carbonyl (C=O) groups excluding carboxylic acids is 2. The van der Waals surface area contributed by atoms with E-state index in [4.69, 9.17) is 16.3 Å². The van der Waals surface area contributed by atoms with Crippen LogP contribution in [-0.2, 0) is 22.6 Å². The number of benzene rings is 1. The second-order valence-electron chi connectivity index (χ2n) is 8.48. The SMILES string of the molecule is Cl.O=C1CNC(=O)N1Cc1cc2c(-c3cc(Cl)cc4ccn(CC5CNCCO5)c34)ncnn2c1. The third kappa shape index (κ3) is 4.34. The Morgan fingerprint density at radius 1 is 1.23 bits per heavy atom. The van der Waals surface area contributed by atoms with Crippen molar-refractivity contribution in [3.8, 4) is 11.3 Å². The van der Waals surface area contributed by atoms with Gasteiger partial charge in [-0.3, -0.25) is 9.69 Å². The van der Waals surface area contributed by atoms with Gasteiger partial charge in [0.15, 0.2) is 0 Å². The highest BCUT2D eigenvalue weighted by atomic mass is 35.5. The van der Waals surface area contributed by atoms with Crippen molar-refractivity contribution >= 4 is 52.4 Å². The predicted octanol–water partition coefficient (Wildman–Crippen LogP) is 2.47. The molecule has 0 radical (unpaired) electrons. The molecule has 5 heterocycles. The van der Waals surface area contributed by atoms with E-state index in [0.29, 0.717) is 23.9 Å². The lowest BCUT2D eigenvalue weighted by Gasteiger charge is -2.24. The molecule has 0 bridgehead atoms. The fraction of sp³-hybridized carbons (Fsp3) is 0.304. The lowest BCUT2D eigenvalue weighted by Crippen LogP contribution is -2.40. The number of ether oxygens (including phenoxy) is 1. The number of hydrogen-bond acceptors (Lipinski definition) is 6. The van der Waals surface area contributed by atoms with E-state index in [1.807, 2.05) is 36.7 Å². The van der Waals surface area contributed by atoms with Crippen LogP contribution < -0.4 is 10.6 Å². The first-order valence-corrected chi connectivity index (χ1v) is 11.5. The molecule has 0 aliphatic carbocycles. The van der Waals surface area contributed by atoms with Crippen molar-refractivity contribution in [1.29, 1.82) is 0 Å². The second-order valence-corrected chi connectivity index (χ2v) is 8.92. The van der Waals surface area contributed by atoms with E-state index in [1.54, 1.807) is 4.52 Å². The van der Waals surface area contributed by atoms with Crippen LogP contribution in [0, 0.1) is 0 Å². The van der Waals surface area contributed by atoms with Gasteiger partial charge in [-0.15, -0.1) is 12.4 Å². The number of nitrogens with one attached hydrogen (secondary N) is 2. The Morgan fingerprint density at radius 3 is 2.89 bits per heavy atom. The zero-order valence-electron chi connectivity index (χ0n) is 18.6. The Hall–Kier alpha value is -3.18. The fourth-order valence-corrected chi connectivity index (χ4v) is 4.90. The molecule has 1 atom stereocenters. The first-order chi connectivity index (χ1) is 16.6. The Kier molecular flexibility index (Phi) is 6.37. The zero-order chi connectivity index (χ0) is 23.2. The number of hydrogen-bond donors (Lipinski definition) is 2. The van der Waals surface area contributed by atoms with Crippen LogP contribution in [0.2, 0.25) is 5.02 Å². The van der Waals surface area contributed by atoms with Crippen LogP contribution in [0.25, 0.3) is 27.7 Å². The van der Waals surface area contributed by atoms with Gasteiger partial charge in [0.1, 0.15) is 6.33 Å². The monoisotopic (exact) mass is 515 g/mol. The Morgan fingerprint density at radius 2 is 2.11 bits per heavy atom. The number of nitrogens with zero attached hydrogens (tertiary/aromatic N) is 5. The molecule has 10 nitrogen and oxygen atoms in total. The number of morpholine rings is 1. The van der Waals surface area contributed by atoms with Gasteiger partial charge in [-0.25, -0.2) is 14.3 Å². The highest BCUT2D eigenvalue weighted by molar-refractivity contribution is 6.32. The van der Waals surface area contributed by atoms with Crippen LogP contribution in [0.1, 0.15) is 5.56 Å². The van der Waals surface area contributed by atoms with E-state index in [-0.39, 0.29) is 43.5 Å². The molecule has 35 heavy (non-hydrogen) atoms. The number of carbonyl (C=O) groups is 2. The third-order valence-electron chi connectivity index (χ3n) is 6.23. The second kappa shape index (κ2) is 9.46. The topological polar surface area (TPSA) is 106 Å². The smallest absolute Gasteiger partial charge is 0.324 e. The van der Waals surface area contributed by atoms with Gasteiger partial charge >= 0.3 is 6.03 Å². The minimum absolute atomic E-state index is 0. The van der Waals surface area contributed by atoms with E-state index in [9.17, 15) is 9.59 Å². The molecule has 182 valence electrons. The molecule has 3 aromatic heterocycles. The maximum Gasteiger partial charge on any atom is 0.324 e. The molecule has 12 heteroatoms. The number of aromatic nitrogens is 4. The highest BCUT2D eigenvalue weighted by Crippen LogP contribution is 2.34. The minimum Gasteiger partial charge on any atom is -0.374 e. The minimum atomic E-state index is -0.389. The maximum atomic E-state index is 12.0. The number of rotatable bonds is 5. The van der Waals surface area contributed by atoms with Crippen LogP contribution in [0.15, 0.2) is 43.0 Å². The summed E-state index contributed by atoms with van der Waals surface area (Å²) in [5.41, 5.74) is 4.15. The van der Waals surface area contributed by atoms with E-state index in [1.165, 1.54) is 11.2 Å². The summed E-state index contributed by atoms with van der Waals surface area (Å²) in [6.07, 6.45) is 5.42. The molecule has 2 saturated heterocycles. The molecule has 0 spiro atoms. The lowest BCUT2D eigenvalue weighted by atomic mass is 10.1. The molecule has 1 unspecified atom stereocenters. The van der Waals surface area contributed by atoms with Crippen molar-refractivity contribution in [2.75, 3.05) is 26.2 Å². The molecule has 2 N–H and O–H groups in total. The predicted molar refractivity (Wildman–Crippen MR) is 133 cm³/mol. The molecule has 6 rings (SSSR count). The van der Waals surface area contributed by atoms with Crippen LogP contribution in [0.3, 0.4) is 0 Å². The first-order valence-electron chi connectivity index (χ1n) is 11.1. The first kappa shape index (κ1) is 23.6. The van der Waals surface area contributed by atoms with Crippen molar-refractivity contribution in [2.45, 2.75) is 19.2 Å². The normalized spacial score (nSPS) is 18.3. The molecule has 0 saturated carbocycles. The quantitative estimate of drug-likeness (QED) is 0.395. The summed E-state index contributed by atoms with van der Waals surface area (Å²) >= 11 is 6.49. The Labute approximate surface area is 211 Å². The summed E-state index contributed by atoms with van der Waals surface area (Å²) in [6, 6.07) is 7.41. The Balaban J connectivity index is 0.00000253. The number of fused-ring (bicyclic) bond motifs is 2. The van der Waals surface area contributed by atoms with E-state index >= 15 is 0 Å². The van der Waals surface area contributed by atoms with Crippen molar-refractivity contribution in [3.63, 3.8) is 0 Å². The Bertz CT molecular complexity index is 1410. The largest absolute Gasteiger partial charge is 0.374 e. The molecular weight excluding hydrogens is 493 g/mol. The van der Waals surface area contributed by atoms with Gasteiger partial charge in [0.05, 0.1) is 49.1 Å². The van der Waals surface area contributed by atoms with E-state index < -0.39 is 0 Å². The van der Waals surface area contributed by atoms with Crippen molar-refractivity contribution < 1.29 is 14.3 Å². The van der Waals surface area contributed by atoms with Crippen LogP contribution in [0.5, 0.6) is 0 Å². The summed E-state index contributed by atoms with van der Waals surface area (Å²) in [7, 11) is 0. The van der Waals surface area contributed by atoms with Gasteiger partial charge in [-0.1, -0.05) is 11.6 Å². The average Bonchev–Trinajstić information content (AvgIpc) is 3.52. The molecule has 2 aliphatic rings. The summed E-state index contributed by atoms with van der Waals surface area (Å²) in [5.74, 6) is -0.250. The molecule has 4 aromatic rings. The molecular formula is C23H23Cl2N7O3. The molecule has 2 fully saturated rings. The van der Waals surface area contributed by atoms with E-state index in [2.05, 4.69) is 25.3 Å². The maximum absolute atomic E-state index is 12.0. The number of imide groups is 1. The number of amides is 3. The average molecular weight is 516 g/mol. The van der Waals surface area contributed by atoms with Crippen molar-refractivity contribution in [1.82, 2.24) is 34.7 Å². The van der Waals surface area contributed by atoms with Gasteiger partial charge in [-0.2, -0.15) is 5.10 Å². The number of halogens is 2. The van der Waals surface area contributed by atoms with Gasteiger partial charge in [0.2, 0.25) is 5.91 Å². The number of urea groups is 1. The molecule has 1 aromatic carbocycles. The summed E-state index contributed by atoms with van der Waals surface area (Å²) < 4.78 is 9.81. The van der Waals surface area contributed by atoms with Gasteiger partial charge in [-0.05, 0) is 29.8 Å². The van der Waals surface area contributed by atoms with Crippen LogP contribution in [0.4, 0.5) is 4.79 Å². The third-order valence-corrected chi connectivity index (χ3v) is 6.44. The summed E-state index contributed by atoms with van der Waals surface area (Å²) in [5, 5.41) is 11.9. The fourth-order valence-electron chi connectivity index (χ4n) is 4.68. The zero-order valence-corrected chi connectivity index (χ0v) is 20.2. The molecule has 3 amide bonds. The van der Waals surface area contributed by atoms with Crippen molar-refractivity contribution in [2.24, 2.45) is 0 Å². The van der Waals surface area contributed by atoms with E-state index in [0.717, 1.165) is 40.6 Å². The standard InChI is InChI=1S/C23H22ClN7O3.ClH/c24-16-6-15-1-3-29(12-17-8-25-2-4-34-17)22(15)18(7-16)21-19-5-14(11-31(19)28-13-27-21)10-30-20(32)9-26-23(30)33;/h1,3,5-7,11,13,17,25H,2,4,8-10,12H2,(H,26,33);1H. The van der Waals surface area contributed by atoms with Gasteiger partial charge < -0.3 is 19.9 Å². The summed E-state index contributed by atoms with van der Waals surface area (Å²) in [4.78, 5) is 29.8. The van der Waals surface area contributed by atoms with Gasteiger partial charge in [0.25, 0.3) is 0 Å². The van der Waals surface area contributed by atoms with Crippen LogP contribution in [-0.4, -0.2) is 68.3 Å². The summed E-state index contributed by atoms with van der Waals surface area (Å²) in [6.45, 7) is 3.25. The van der Waals surface area contributed by atoms with Crippen LogP contribution >= 0.6 is 24.0 Å².